The van der Waals surface area contributed by atoms with E-state index in [1.165, 1.54) is 24.3 Å². The van der Waals surface area contributed by atoms with Gasteiger partial charge in [0.05, 0.1) is 22.9 Å². The fraction of sp³-hybridized carbons (Fsp3) is 0.0526. The Morgan fingerprint density at radius 3 is 1.95 bits per heavy atom. The molecular weight excluding hydrogens is 924 g/mol. The van der Waals surface area contributed by atoms with Crippen LogP contribution in [0.1, 0.15) is 22.3 Å². The largest absolute Gasteiger partial charge is 0.506 e. The number of nitro groups is 1. The number of anilines is 1. The maximum absolute atomic E-state index is 11.8. The van der Waals surface area contributed by atoms with Crippen molar-refractivity contribution in [1.82, 2.24) is 0 Å². The van der Waals surface area contributed by atoms with Crippen LogP contribution in [0.2, 0.25) is 0 Å². The first kappa shape index (κ1) is 49.3. The predicted molar refractivity (Wildman–Crippen MR) is 219 cm³/mol. The molecule has 0 saturated carbocycles. The third-order valence-corrected chi connectivity index (χ3v) is 8.94. The Kier molecular flexibility index (Phi) is 18.4. The number of nitro benzene ring substituents is 1. The van der Waals surface area contributed by atoms with Crippen LogP contribution < -0.4 is 5.32 Å². The van der Waals surface area contributed by atoms with Crippen LogP contribution in [0, 0.1) is 10.1 Å². The molecule has 0 atom stereocenters. The topological polar surface area (TPSA) is 322 Å². The smallest absolute Gasteiger partial charge is 0.425 e. The van der Waals surface area contributed by atoms with Gasteiger partial charge < -0.3 is 20.6 Å². The molecule has 0 fully saturated rings. The first-order valence-electron chi connectivity index (χ1n) is 16.9. The molecule has 325 valence electrons. The molecule has 5 N–H and O–H groups in total. The summed E-state index contributed by atoms with van der Waals surface area (Å²) < 4.78 is 83.8. The standard InChI is InChI=1S/C38H30N6O8S.Cu.2O3S/c45-23-28-19-35(43-41-33-17-11-27-18-30(14-16-32(27)38(33)47)39-22-25-4-2-1-3-5-25)36(46)21-34(28)42-40-29-12-7-24(8-13-29)6-9-26-10-15-31(44(48)49)20-37(26)53(50,51)52;;2*1-4(2)3/h1-21,39,45-47H,22-23H2,(H,50,51,52);;;. The van der Waals surface area contributed by atoms with Gasteiger partial charge in [-0.05, 0) is 70.6 Å². The molecule has 0 aliphatic carbocycles. The van der Waals surface area contributed by atoms with Crippen molar-refractivity contribution in [3.63, 3.8) is 0 Å². The van der Waals surface area contributed by atoms with E-state index in [-0.39, 0.29) is 51.2 Å². The number of fused-ring (bicyclic) bond motifs is 1. The van der Waals surface area contributed by atoms with Crippen LogP contribution >= 0.6 is 0 Å². The van der Waals surface area contributed by atoms with Crippen LogP contribution in [-0.4, -0.2) is 58.5 Å². The molecule has 0 unspecified atom stereocenters. The Morgan fingerprint density at radius 1 is 0.710 bits per heavy atom. The number of benzene rings is 6. The first-order valence-corrected chi connectivity index (χ1v) is 20.3. The number of phenols is 2. The van der Waals surface area contributed by atoms with Crippen molar-refractivity contribution < 1.29 is 75.5 Å². The number of nitrogens with zero attached hydrogens (tertiary/aromatic N) is 5. The minimum atomic E-state index is -4.72. The summed E-state index contributed by atoms with van der Waals surface area (Å²) in [5.41, 5.74) is 3.32. The molecule has 6 rings (SSSR count). The van der Waals surface area contributed by atoms with E-state index in [0.29, 0.717) is 28.7 Å². The zero-order valence-corrected chi connectivity index (χ0v) is 34.6. The van der Waals surface area contributed by atoms with E-state index in [9.17, 15) is 38.4 Å². The SMILES string of the molecule is O=S(=O)=O.O=S(=O)=O.O=[N+]([O-])c1ccc(C=Cc2ccc(N=Nc3cc(O)c(N=Nc4ccc5cc(NCc6ccccc6)ccc5c4O)cc3CO)cc2)c(S(=O)(=O)O)c1.[Cu]. The summed E-state index contributed by atoms with van der Waals surface area (Å²) in [6.45, 7) is 0.202. The van der Waals surface area contributed by atoms with Gasteiger partial charge >= 0.3 is 21.2 Å². The molecule has 0 aliphatic rings. The summed E-state index contributed by atoms with van der Waals surface area (Å²) in [7, 11) is -10.9. The van der Waals surface area contributed by atoms with Crippen LogP contribution in [0.5, 0.6) is 11.5 Å². The van der Waals surface area contributed by atoms with E-state index in [1.807, 2.05) is 42.5 Å². The van der Waals surface area contributed by atoms with Gasteiger partial charge in [0.2, 0.25) is 0 Å². The molecule has 24 heteroatoms. The summed E-state index contributed by atoms with van der Waals surface area (Å²) in [6, 6.07) is 31.3. The third-order valence-electron chi connectivity index (χ3n) is 8.03. The van der Waals surface area contributed by atoms with Gasteiger partial charge in [-0.15, -0.1) is 35.5 Å². The molecule has 0 spiro atoms. The average molecular weight is 954 g/mol. The normalized spacial score (nSPS) is 11.0. The van der Waals surface area contributed by atoms with Crippen molar-refractivity contribution >= 4 is 88.4 Å². The second kappa shape index (κ2) is 23.1. The van der Waals surface area contributed by atoms with Crippen molar-refractivity contribution in [3.8, 4) is 11.5 Å². The first-order chi connectivity index (χ1) is 28.9. The minimum absolute atomic E-state index is 0. The molecule has 1 radical (unpaired) electrons. The van der Waals surface area contributed by atoms with Gasteiger partial charge in [-0.25, -0.2) is 0 Å². The van der Waals surface area contributed by atoms with E-state index in [1.54, 1.807) is 48.5 Å². The van der Waals surface area contributed by atoms with Crippen LogP contribution in [0.3, 0.4) is 0 Å². The number of aromatic hydroxyl groups is 2. The number of aliphatic hydroxyl groups is 1. The Bertz CT molecular complexity index is 2970. The monoisotopic (exact) mass is 953 g/mol. The Labute approximate surface area is 365 Å². The quantitative estimate of drug-likeness (QED) is 0.0198. The van der Waals surface area contributed by atoms with E-state index in [0.717, 1.165) is 28.8 Å². The molecule has 0 amide bonds. The fourth-order valence-corrected chi connectivity index (χ4v) is 5.96. The zero-order valence-electron chi connectivity index (χ0n) is 31.2. The number of nitrogens with one attached hydrogen (secondary N) is 1. The number of rotatable bonds is 12. The Morgan fingerprint density at radius 2 is 1.34 bits per heavy atom. The van der Waals surface area contributed by atoms with E-state index >= 15 is 0 Å². The zero-order chi connectivity index (χ0) is 44.7. The maximum atomic E-state index is 11.8. The molecule has 0 heterocycles. The number of phenolic OH excluding ortho intramolecular Hbond substituents is 2. The second-order valence-corrected chi connectivity index (χ2v) is 14.2. The molecule has 62 heavy (non-hydrogen) atoms. The molecule has 0 bridgehead atoms. The molecule has 0 aromatic heterocycles. The molecule has 0 aliphatic heterocycles. The third kappa shape index (κ3) is 14.9. The minimum Gasteiger partial charge on any atom is -0.506 e. The van der Waals surface area contributed by atoms with Crippen LogP contribution in [0.4, 0.5) is 34.1 Å². The van der Waals surface area contributed by atoms with Crippen LogP contribution in [0.15, 0.2) is 141 Å². The number of hydrogen-bond acceptors (Lipinski definition) is 18. The second-order valence-electron chi connectivity index (χ2n) is 12.0. The molecule has 0 saturated heterocycles. The van der Waals surface area contributed by atoms with Gasteiger partial charge in [-0.2, -0.15) is 18.6 Å². The van der Waals surface area contributed by atoms with E-state index < -0.39 is 53.4 Å². The van der Waals surface area contributed by atoms with Crippen molar-refractivity contribution in [2.75, 3.05) is 5.32 Å². The summed E-state index contributed by atoms with van der Waals surface area (Å²) in [5.74, 6) is -0.367. The van der Waals surface area contributed by atoms with Gasteiger partial charge in [0, 0.05) is 58.4 Å². The number of hydrogen-bond donors (Lipinski definition) is 5. The van der Waals surface area contributed by atoms with Gasteiger partial charge in [0.25, 0.3) is 15.8 Å². The molecule has 6 aromatic rings. The maximum Gasteiger partial charge on any atom is 0.425 e. The molecule has 20 nitrogen and oxygen atoms in total. The number of non-ortho nitro benzene ring substituents is 1. The van der Waals surface area contributed by atoms with Gasteiger partial charge in [-0.1, -0.05) is 60.7 Å². The van der Waals surface area contributed by atoms with Crippen molar-refractivity contribution in [1.29, 1.82) is 0 Å². The van der Waals surface area contributed by atoms with Crippen LogP contribution in [-0.2, 0) is 61.6 Å². The number of azo groups is 2. The fourth-order valence-electron chi connectivity index (χ4n) is 5.26. The summed E-state index contributed by atoms with van der Waals surface area (Å²) in [6.07, 6.45) is 2.94. The molecular formula is C38H30CuN6O14S3. The Hall–Kier alpha value is -7.05. The van der Waals surface area contributed by atoms with Crippen molar-refractivity contribution in [2.45, 2.75) is 18.0 Å². The van der Waals surface area contributed by atoms with Gasteiger partial charge in [0.1, 0.15) is 22.0 Å². The van der Waals surface area contributed by atoms with Crippen molar-refractivity contribution in [3.05, 3.63) is 148 Å². The number of aliphatic hydroxyl groups excluding tert-OH is 1. The van der Waals surface area contributed by atoms with Gasteiger partial charge in [0.15, 0.2) is 5.75 Å². The summed E-state index contributed by atoms with van der Waals surface area (Å²) in [5, 5.41) is 64.0. The average Bonchev–Trinajstić information content (AvgIpc) is 3.21. The summed E-state index contributed by atoms with van der Waals surface area (Å²) in [4.78, 5) is 9.67. The van der Waals surface area contributed by atoms with Crippen LogP contribution in [0.25, 0.3) is 22.9 Å². The molecule has 6 aromatic carbocycles. The Balaban J connectivity index is 0.00000105. The van der Waals surface area contributed by atoms with E-state index in [2.05, 4.69) is 25.8 Å². The summed E-state index contributed by atoms with van der Waals surface area (Å²) >= 11 is 0. The van der Waals surface area contributed by atoms with Crippen molar-refractivity contribution in [2.24, 2.45) is 20.5 Å². The predicted octanol–water partition coefficient (Wildman–Crippen LogP) is 7.50. The van der Waals surface area contributed by atoms with Gasteiger partial charge in [-0.3, -0.25) is 14.7 Å². The van der Waals surface area contributed by atoms with E-state index in [4.69, 9.17) is 25.3 Å².